The molecule has 147 heavy (non-hydrogen) atoms. The lowest BCUT2D eigenvalue weighted by Gasteiger charge is -2.23. The van der Waals surface area contributed by atoms with Crippen LogP contribution in [-0.2, 0) is 57.2 Å². The molecule has 1 rings (SSSR count). The van der Waals surface area contributed by atoms with Crippen LogP contribution in [0.3, 0.4) is 0 Å². The molecule has 0 saturated carbocycles. The number of nitrogens with one attached hydrogen (secondary N) is 3. The summed E-state index contributed by atoms with van der Waals surface area (Å²) >= 11 is 0. The summed E-state index contributed by atoms with van der Waals surface area (Å²) in [6.45, 7) is 24.7. The molecule has 0 aromatic heterocycles. The minimum absolute atomic E-state index is 0.126. The van der Waals surface area contributed by atoms with Crippen LogP contribution in [0.1, 0.15) is 554 Å². The number of amides is 3. The first-order chi connectivity index (χ1) is 72.2. The number of hydrogen-bond donors (Lipinski definition) is 3. The number of ether oxygens (including phenoxy) is 6. The van der Waals surface area contributed by atoms with Gasteiger partial charge >= 0.3 is 35.8 Å². The molecule has 0 unspecified atom stereocenters. The van der Waals surface area contributed by atoms with Crippen LogP contribution < -0.4 is 16.0 Å². The van der Waals surface area contributed by atoms with Gasteiger partial charge in [0.2, 0.25) is 0 Å². The molecule has 1 aromatic rings. The summed E-state index contributed by atoms with van der Waals surface area (Å²) in [5.74, 6) is -1.78. The predicted octanol–water partition coefficient (Wildman–Crippen LogP) is 31.8. The van der Waals surface area contributed by atoms with E-state index in [1.165, 1.54) is 154 Å². The molecule has 1 aromatic carbocycles. The molecule has 21 heteroatoms. The molecule has 0 aliphatic rings. The Morgan fingerprint density at radius 2 is 0.327 bits per heavy atom. The molecule has 0 bridgehead atoms. The number of carbonyl (C=O) groups is 9. The van der Waals surface area contributed by atoms with Gasteiger partial charge in [-0.25, -0.2) is 0 Å². The third-order valence-corrected chi connectivity index (χ3v) is 27.6. The van der Waals surface area contributed by atoms with Crippen molar-refractivity contribution in [1.82, 2.24) is 30.7 Å². The van der Waals surface area contributed by atoms with Crippen LogP contribution in [0.2, 0.25) is 0 Å². The summed E-state index contributed by atoms with van der Waals surface area (Å²) in [6.07, 6.45) is 102. The number of allylic oxidation sites excluding steroid dienone is 6. The van der Waals surface area contributed by atoms with E-state index in [0.29, 0.717) is 117 Å². The van der Waals surface area contributed by atoms with Gasteiger partial charge in [-0.05, 0) is 250 Å². The average molecular weight is 2060 g/mol. The number of unbranched alkanes of at least 4 members (excludes halogenated alkanes) is 54. The van der Waals surface area contributed by atoms with Crippen molar-refractivity contribution in [3.8, 4) is 0 Å². The van der Waals surface area contributed by atoms with Crippen LogP contribution in [0, 0.1) is 0 Å². The largest absolute Gasteiger partial charge is 0.461 e. The number of nitrogens with zero attached hydrogens (tertiary/aromatic N) is 3. The van der Waals surface area contributed by atoms with Gasteiger partial charge < -0.3 is 59.1 Å². The maximum atomic E-state index is 14.6. The molecule has 0 aliphatic carbocycles. The molecule has 0 fully saturated rings. The smallest absolute Gasteiger partial charge is 0.306 e. The number of carbonyl (C=O) groups excluding carboxylic acids is 9. The van der Waals surface area contributed by atoms with Crippen LogP contribution in [0.15, 0.2) is 91.1 Å². The van der Waals surface area contributed by atoms with Crippen LogP contribution >= 0.6 is 0 Å². The number of hydrogen-bond acceptors (Lipinski definition) is 18. The molecule has 0 radical (unpaired) electrons. The summed E-state index contributed by atoms with van der Waals surface area (Å²) in [4.78, 5) is 126. The van der Waals surface area contributed by atoms with Crippen molar-refractivity contribution >= 4 is 53.5 Å². The lowest BCUT2D eigenvalue weighted by molar-refractivity contribution is -0.143. The highest BCUT2D eigenvalue weighted by Gasteiger charge is 2.20. The maximum Gasteiger partial charge on any atom is 0.306 e. The summed E-state index contributed by atoms with van der Waals surface area (Å²) in [5, 5.41) is 9.58. The Hall–Kier alpha value is -7.23. The van der Waals surface area contributed by atoms with Crippen LogP contribution in [0.25, 0.3) is 0 Å². The minimum atomic E-state index is -0.342. The highest BCUT2D eigenvalue weighted by Crippen LogP contribution is 2.21. The fourth-order valence-corrected chi connectivity index (χ4v) is 18.2. The van der Waals surface area contributed by atoms with Gasteiger partial charge in [-0.15, -0.1) is 0 Å². The molecule has 3 N–H and O–H groups in total. The lowest BCUT2D eigenvalue weighted by Crippen LogP contribution is -2.33. The Labute approximate surface area is 899 Å². The van der Waals surface area contributed by atoms with E-state index in [1.54, 1.807) is 18.2 Å². The number of esters is 6. The number of benzene rings is 1. The first-order valence-corrected chi connectivity index (χ1v) is 61.2. The van der Waals surface area contributed by atoms with Crippen LogP contribution in [0.5, 0.6) is 0 Å². The van der Waals surface area contributed by atoms with Gasteiger partial charge in [0.25, 0.3) is 17.7 Å². The highest BCUT2D eigenvalue weighted by atomic mass is 16.6. The molecule has 3 amide bonds. The topological polar surface area (TPSA) is 255 Å². The van der Waals surface area contributed by atoms with Gasteiger partial charge in [0.05, 0.1) is 0 Å². The predicted molar refractivity (Wildman–Crippen MR) is 614 cm³/mol. The zero-order valence-electron chi connectivity index (χ0n) is 95.4. The molecule has 0 aliphatic heterocycles. The van der Waals surface area contributed by atoms with Gasteiger partial charge in [0.1, 0.15) is 39.6 Å². The second-order valence-electron chi connectivity index (χ2n) is 41.4. The molecule has 0 spiro atoms. The van der Waals surface area contributed by atoms with E-state index in [2.05, 4.69) is 109 Å². The van der Waals surface area contributed by atoms with Gasteiger partial charge in [-0.1, -0.05) is 384 Å². The van der Waals surface area contributed by atoms with Gasteiger partial charge in [0, 0.05) is 74.8 Å². The summed E-state index contributed by atoms with van der Waals surface area (Å²) in [5.41, 5.74) is 0.761. The second-order valence-corrected chi connectivity index (χ2v) is 41.4. The van der Waals surface area contributed by atoms with E-state index in [9.17, 15) is 43.2 Å². The fourth-order valence-electron chi connectivity index (χ4n) is 18.2. The first kappa shape index (κ1) is 138. The van der Waals surface area contributed by atoms with Crippen molar-refractivity contribution in [3.63, 3.8) is 0 Å². The summed E-state index contributed by atoms with van der Waals surface area (Å²) in [6, 6.07) is 4.89. The van der Waals surface area contributed by atoms with Gasteiger partial charge in [-0.2, -0.15) is 0 Å². The normalized spacial score (nSPS) is 11.8. The quantitative estimate of drug-likeness (QED) is 0.0237. The molecule has 0 saturated heterocycles. The van der Waals surface area contributed by atoms with Crippen molar-refractivity contribution < 1.29 is 71.6 Å². The Morgan fingerprint density at radius 1 is 0.184 bits per heavy atom. The van der Waals surface area contributed by atoms with E-state index in [1.807, 2.05) is 36.5 Å². The monoisotopic (exact) mass is 2060 g/mol. The molecular weight excluding hydrogens is 1840 g/mol. The van der Waals surface area contributed by atoms with Crippen molar-refractivity contribution in [2.24, 2.45) is 0 Å². The molecule has 0 heterocycles. The molecular formula is C126H222N6O15. The SMILES string of the molecule is CCCCCC/C=C/COC(=O)CCCCCCCCN(CCCCCCCCC(=O)OC/C=C/CCCCCC)CCCNC(=O)c1cc(C(=O)NCCCN(CCCCCCCCC(=O)OC/C=C/CCCCCC)CCCCCCCCC(=O)OC/C=C/CCCCCC)cc(C(=O)NCCCN(CCCCCCCCC(=O)OC/C=C/CCCCCC)CCCCCCCCC(=O)OC/C=C/CCCCCC)c1. The third kappa shape index (κ3) is 96.8. The zero-order chi connectivity index (χ0) is 106. The highest BCUT2D eigenvalue weighted by molar-refractivity contribution is 6.04. The Kier molecular flexibility index (Phi) is 103. The van der Waals surface area contributed by atoms with Crippen molar-refractivity contribution in [3.05, 3.63) is 108 Å². The lowest BCUT2D eigenvalue weighted by atomic mass is 10.0. The summed E-state index contributed by atoms with van der Waals surface area (Å²) < 4.78 is 32.9. The van der Waals surface area contributed by atoms with Crippen molar-refractivity contribution in [2.45, 2.75) is 523 Å². The molecule has 846 valence electrons. The molecule has 0 atom stereocenters. The Balaban J connectivity index is 3.46. The van der Waals surface area contributed by atoms with Gasteiger partial charge in [-0.3, -0.25) is 43.2 Å². The van der Waals surface area contributed by atoms with Gasteiger partial charge in [0.15, 0.2) is 0 Å². The average Bonchev–Trinajstić information content (AvgIpc) is 0.824. The summed E-state index contributed by atoms with van der Waals surface area (Å²) in [7, 11) is 0. The maximum absolute atomic E-state index is 14.6. The van der Waals surface area contributed by atoms with Crippen molar-refractivity contribution in [2.75, 3.05) is 118 Å². The van der Waals surface area contributed by atoms with E-state index in [0.717, 1.165) is 329 Å². The van der Waals surface area contributed by atoms with E-state index < -0.39 is 0 Å². The fraction of sp³-hybridized carbons (Fsp3) is 0.786. The minimum Gasteiger partial charge on any atom is -0.461 e. The third-order valence-electron chi connectivity index (χ3n) is 27.6. The van der Waals surface area contributed by atoms with Crippen LogP contribution in [-0.4, -0.2) is 186 Å². The number of rotatable bonds is 111. The second kappa shape index (κ2) is 110. The zero-order valence-corrected chi connectivity index (χ0v) is 95.4. The standard InChI is InChI=1S/C126H222N6O15/c1-7-13-19-25-43-61-79-106-142-118(133)88-67-49-31-37-55-73-97-130(98-74-56-38-32-50-68-89-119(134)143-107-80-62-44-26-20-14-8-2)103-85-94-127-124(139)115-112-116(125(140)128-95-86-104-131(99-75-57-39-33-51-69-90-120(135)144-108-81-63-45-27-21-15-9-3)100-76-58-40-34-52-70-91-121(136)145-109-82-64-46-28-22-16-10-4)114-117(113-115)126(141)129-96-87-105-132(101-77-59-41-35-53-71-92-122(137)146-110-83-65-47-29-23-17-11-5)102-78-60-42-36-54-72-93-123(138)147-111-84-66-48-30-24-18-12-6/h61-66,79-84,112-114H,7-60,67-78,85-111H2,1-6H3,(H,127,139)(H,128,140)(H,129,141)/b79-61+,80-62+,81-63+,82-64+,83-65+,84-66+. The van der Waals surface area contributed by atoms with E-state index >= 15 is 0 Å². The van der Waals surface area contributed by atoms with E-state index in [4.69, 9.17) is 28.4 Å². The Bertz CT molecular complexity index is 2920. The Morgan fingerprint density at radius 3 is 0.490 bits per heavy atom. The first-order valence-electron chi connectivity index (χ1n) is 61.2. The van der Waals surface area contributed by atoms with E-state index in [-0.39, 0.29) is 70.2 Å². The molecule has 21 nitrogen and oxygen atoms in total. The van der Waals surface area contributed by atoms with Crippen LogP contribution in [0.4, 0.5) is 0 Å². The van der Waals surface area contributed by atoms with Crippen molar-refractivity contribution in [1.29, 1.82) is 0 Å².